The van der Waals surface area contributed by atoms with E-state index in [0.717, 1.165) is 11.3 Å². The fourth-order valence-corrected chi connectivity index (χ4v) is 3.22. The predicted molar refractivity (Wildman–Crippen MR) is 98.9 cm³/mol. The molecule has 2 aromatic rings. The fraction of sp³-hybridized carbons (Fsp3) is 0.235. The zero-order chi connectivity index (χ0) is 16.7. The quantitative estimate of drug-likeness (QED) is 0.722. The highest BCUT2D eigenvalue weighted by atomic mass is 35.5. The standard InChI is InChI=1S/C17H17Cl2NO2S/c1-2-22-16-6-4-3-5-12(16)10-23-11-17(21)20-15-8-7-13(18)9-14(15)19/h3-9H,2,10-11H2,1H3,(H,20,21). The third kappa shape index (κ3) is 5.65. The second-order valence-corrected chi connectivity index (χ2v) is 6.54. The maximum Gasteiger partial charge on any atom is 0.234 e. The summed E-state index contributed by atoms with van der Waals surface area (Å²) in [5.41, 5.74) is 1.65. The number of carbonyl (C=O) groups excluding carboxylic acids is 1. The average molecular weight is 370 g/mol. The topological polar surface area (TPSA) is 38.3 Å². The van der Waals surface area contributed by atoms with Crippen LogP contribution in [-0.2, 0) is 10.5 Å². The van der Waals surface area contributed by atoms with Crippen LogP contribution < -0.4 is 10.1 Å². The normalized spacial score (nSPS) is 10.4. The summed E-state index contributed by atoms with van der Waals surface area (Å²) < 4.78 is 5.57. The third-order valence-electron chi connectivity index (χ3n) is 2.97. The number of ether oxygens (including phenoxy) is 1. The SMILES string of the molecule is CCOc1ccccc1CSCC(=O)Nc1ccc(Cl)cc1Cl. The Balaban J connectivity index is 1.85. The molecule has 0 spiro atoms. The molecule has 0 heterocycles. The Hall–Kier alpha value is -1.36. The zero-order valence-corrected chi connectivity index (χ0v) is 15.0. The van der Waals surface area contributed by atoms with Crippen LogP contribution in [0.25, 0.3) is 0 Å². The lowest BCUT2D eigenvalue weighted by Gasteiger charge is -2.10. The van der Waals surface area contributed by atoms with Crippen molar-refractivity contribution in [3.8, 4) is 5.75 Å². The van der Waals surface area contributed by atoms with Crippen molar-refractivity contribution in [3.63, 3.8) is 0 Å². The molecule has 1 amide bonds. The minimum absolute atomic E-state index is 0.104. The van der Waals surface area contributed by atoms with Gasteiger partial charge in [-0.2, -0.15) is 0 Å². The van der Waals surface area contributed by atoms with Crippen molar-refractivity contribution in [2.24, 2.45) is 0 Å². The van der Waals surface area contributed by atoms with Crippen LogP contribution in [0.5, 0.6) is 5.75 Å². The van der Waals surface area contributed by atoms with Gasteiger partial charge in [-0.05, 0) is 31.2 Å². The van der Waals surface area contributed by atoms with E-state index in [0.29, 0.717) is 33.8 Å². The highest BCUT2D eigenvalue weighted by Crippen LogP contribution is 2.26. The minimum atomic E-state index is -0.104. The summed E-state index contributed by atoms with van der Waals surface area (Å²) >= 11 is 13.4. The summed E-state index contributed by atoms with van der Waals surface area (Å²) in [6, 6.07) is 12.8. The number of thioether (sulfide) groups is 1. The number of para-hydroxylation sites is 1. The maximum absolute atomic E-state index is 12.0. The van der Waals surface area contributed by atoms with E-state index in [1.54, 1.807) is 18.2 Å². The molecule has 6 heteroatoms. The first-order valence-corrected chi connectivity index (χ1v) is 9.04. The van der Waals surface area contributed by atoms with Gasteiger partial charge in [0, 0.05) is 16.3 Å². The highest BCUT2D eigenvalue weighted by Gasteiger charge is 2.08. The number of hydrogen-bond acceptors (Lipinski definition) is 3. The molecule has 0 atom stereocenters. The number of carbonyl (C=O) groups is 1. The Morgan fingerprint density at radius 2 is 2.00 bits per heavy atom. The van der Waals surface area contributed by atoms with E-state index in [9.17, 15) is 4.79 Å². The van der Waals surface area contributed by atoms with Gasteiger partial charge in [-0.25, -0.2) is 0 Å². The predicted octanol–water partition coefficient (Wildman–Crippen LogP) is 5.26. The van der Waals surface area contributed by atoms with Gasteiger partial charge in [0.25, 0.3) is 0 Å². The van der Waals surface area contributed by atoms with E-state index in [4.69, 9.17) is 27.9 Å². The Bertz CT molecular complexity index is 679. The van der Waals surface area contributed by atoms with Gasteiger partial charge in [-0.15, -0.1) is 11.8 Å². The largest absolute Gasteiger partial charge is 0.494 e. The van der Waals surface area contributed by atoms with Gasteiger partial charge in [-0.3, -0.25) is 4.79 Å². The number of halogens is 2. The second kappa shape index (κ2) is 9.06. The molecule has 3 nitrogen and oxygen atoms in total. The number of rotatable bonds is 7. The van der Waals surface area contributed by atoms with Crippen molar-refractivity contribution in [2.45, 2.75) is 12.7 Å². The van der Waals surface area contributed by atoms with E-state index < -0.39 is 0 Å². The summed E-state index contributed by atoms with van der Waals surface area (Å²) in [7, 11) is 0. The number of amides is 1. The Kier molecular flexibility index (Phi) is 7.09. The van der Waals surface area contributed by atoms with Gasteiger partial charge >= 0.3 is 0 Å². The smallest absolute Gasteiger partial charge is 0.234 e. The van der Waals surface area contributed by atoms with Crippen LogP contribution in [0, 0.1) is 0 Å². The van der Waals surface area contributed by atoms with Crippen LogP contribution in [0.15, 0.2) is 42.5 Å². The molecule has 1 N–H and O–H groups in total. The molecule has 2 aromatic carbocycles. The Morgan fingerprint density at radius 3 is 2.74 bits per heavy atom. The first-order chi connectivity index (χ1) is 11.1. The number of nitrogens with one attached hydrogen (secondary N) is 1. The summed E-state index contributed by atoms with van der Waals surface area (Å²) in [5.74, 6) is 1.80. The van der Waals surface area contributed by atoms with E-state index in [-0.39, 0.29) is 5.91 Å². The molecular weight excluding hydrogens is 353 g/mol. The van der Waals surface area contributed by atoms with E-state index >= 15 is 0 Å². The summed E-state index contributed by atoms with van der Waals surface area (Å²) in [6.45, 7) is 2.57. The first kappa shape index (κ1) is 18.0. The van der Waals surface area contributed by atoms with Crippen LogP contribution in [0.2, 0.25) is 10.0 Å². The van der Waals surface area contributed by atoms with Crippen LogP contribution in [0.4, 0.5) is 5.69 Å². The monoisotopic (exact) mass is 369 g/mol. The summed E-state index contributed by atoms with van der Waals surface area (Å²) in [6.07, 6.45) is 0. The lowest BCUT2D eigenvalue weighted by Crippen LogP contribution is -2.14. The van der Waals surface area contributed by atoms with Gasteiger partial charge in [0.15, 0.2) is 0 Å². The molecule has 0 aromatic heterocycles. The summed E-state index contributed by atoms with van der Waals surface area (Å²) in [4.78, 5) is 12.0. The van der Waals surface area contributed by atoms with Crippen molar-refractivity contribution in [3.05, 3.63) is 58.1 Å². The van der Waals surface area contributed by atoms with E-state index in [1.807, 2.05) is 31.2 Å². The van der Waals surface area contributed by atoms with Crippen molar-refractivity contribution in [2.75, 3.05) is 17.7 Å². The molecule has 0 bridgehead atoms. The molecule has 0 fully saturated rings. The van der Waals surface area contributed by atoms with Gasteiger partial charge in [0.05, 0.1) is 23.1 Å². The van der Waals surface area contributed by atoms with Crippen LogP contribution in [0.1, 0.15) is 12.5 Å². The van der Waals surface area contributed by atoms with Gasteiger partial charge in [-0.1, -0.05) is 41.4 Å². The lowest BCUT2D eigenvalue weighted by molar-refractivity contribution is -0.113. The molecule has 0 saturated carbocycles. The molecule has 0 aliphatic heterocycles. The van der Waals surface area contributed by atoms with Crippen molar-refractivity contribution in [1.82, 2.24) is 0 Å². The molecule has 0 aliphatic rings. The van der Waals surface area contributed by atoms with Crippen molar-refractivity contribution < 1.29 is 9.53 Å². The average Bonchev–Trinajstić information content (AvgIpc) is 2.52. The minimum Gasteiger partial charge on any atom is -0.494 e. The third-order valence-corrected chi connectivity index (χ3v) is 4.50. The van der Waals surface area contributed by atoms with Crippen molar-refractivity contribution >= 4 is 46.6 Å². The number of hydrogen-bond donors (Lipinski definition) is 1. The molecule has 0 saturated heterocycles. The van der Waals surface area contributed by atoms with Gasteiger partial charge in [0.1, 0.15) is 5.75 Å². The summed E-state index contributed by atoms with van der Waals surface area (Å²) in [5, 5.41) is 3.75. The van der Waals surface area contributed by atoms with Crippen molar-refractivity contribution in [1.29, 1.82) is 0 Å². The molecular formula is C17H17Cl2NO2S. The fourth-order valence-electron chi connectivity index (χ4n) is 1.95. The first-order valence-electron chi connectivity index (χ1n) is 7.13. The molecule has 122 valence electrons. The number of benzene rings is 2. The zero-order valence-electron chi connectivity index (χ0n) is 12.6. The molecule has 2 rings (SSSR count). The van der Waals surface area contributed by atoms with Crippen LogP contribution in [0.3, 0.4) is 0 Å². The maximum atomic E-state index is 12.0. The van der Waals surface area contributed by atoms with E-state index in [2.05, 4.69) is 5.32 Å². The molecule has 0 unspecified atom stereocenters. The van der Waals surface area contributed by atoms with Gasteiger partial charge in [0.2, 0.25) is 5.91 Å². The lowest BCUT2D eigenvalue weighted by atomic mass is 10.2. The Labute approximate surface area is 150 Å². The highest BCUT2D eigenvalue weighted by molar-refractivity contribution is 7.99. The molecule has 23 heavy (non-hydrogen) atoms. The van der Waals surface area contributed by atoms with Crippen LogP contribution in [-0.4, -0.2) is 18.3 Å². The molecule has 0 radical (unpaired) electrons. The molecule has 0 aliphatic carbocycles. The van der Waals surface area contributed by atoms with Crippen LogP contribution >= 0.6 is 35.0 Å². The second-order valence-electron chi connectivity index (χ2n) is 4.71. The van der Waals surface area contributed by atoms with Gasteiger partial charge < -0.3 is 10.1 Å². The van der Waals surface area contributed by atoms with E-state index in [1.165, 1.54) is 11.8 Å². The number of anilines is 1. The Morgan fingerprint density at radius 1 is 1.22 bits per heavy atom.